The molecule has 6 heteroatoms. The number of nitriles is 1. The molecule has 0 heterocycles. The second-order valence-corrected chi connectivity index (χ2v) is 5.33. The van der Waals surface area contributed by atoms with Crippen LogP contribution in [0.1, 0.15) is 23.1 Å². The molecule has 124 valence electrons. The Morgan fingerprint density at radius 3 is 2.50 bits per heavy atom. The van der Waals surface area contributed by atoms with Crippen LogP contribution in [0.2, 0.25) is 0 Å². The van der Waals surface area contributed by atoms with Crippen LogP contribution >= 0.6 is 0 Å². The second kappa shape index (κ2) is 7.97. The molecule has 2 rings (SSSR count). The summed E-state index contributed by atoms with van der Waals surface area (Å²) >= 11 is 0. The molecule has 0 spiro atoms. The van der Waals surface area contributed by atoms with E-state index in [2.05, 4.69) is 24.3 Å². The third kappa shape index (κ3) is 4.23. The largest absolute Gasteiger partial charge is 0.493 e. The molecular weight excluding hydrogens is 308 g/mol. The summed E-state index contributed by atoms with van der Waals surface area (Å²) in [5.41, 5.74) is 2.10. The van der Waals surface area contributed by atoms with E-state index in [9.17, 15) is 10.1 Å². The van der Waals surface area contributed by atoms with Crippen molar-refractivity contribution in [3.8, 4) is 17.6 Å². The molecule has 0 aliphatic carbocycles. The van der Waals surface area contributed by atoms with E-state index in [1.165, 1.54) is 30.4 Å². The smallest absolute Gasteiger partial charge is 0.291 e. The average Bonchev–Trinajstić information content (AvgIpc) is 2.59. The zero-order valence-electron chi connectivity index (χ0n) is 13.6. The molecule has 2 aromatic carbocycles. The lowest BCUT2D eigenvalue weighted by Crippen LogP contribution is -2.03. The first-order chi connectivity index (χ1) is 11.5. The molecule has 6 nitrogen and oxygen atoms in total. The Labute approximate surface area is 140 Å². The Morgan fingerprint density at radius 2 is 1.92 bits per heavy atom. The van der Waals surface area contributed by atoms with Crippen molar-refractivity contribution in [1.29, 1.82) is 5.26 Å². The standard InChI is InChI=1S/C18H18N2O4/c1-13-5-7-14(8-6-13)4-3-9-24-18-10-15(12-19)16(20(21)22)11-17(18)23-2/h5-8,10-11H,3-4,9H2,1-2H3. The van der Waals surface area contributed by atoms with Crippen LogP contribution in [0.25, 0.3) is 0 Å². The van der Waals surface area contributed by atoms with E-state index in [0.29, 0.717) is 12.4 Å². The summed E-state index contributed by atoms with van der Waals surface area (Å²) in [5, 5.41) is 20.0. The van der Waals surface area contributed by atoms with Crippen molar-refractivity contribution >= 4 is 5.69 Å². The number of rotatable bonds is 7. The first kappa shape index (κ1) is 17.3. The van der Waals surface area contributed by atoms with Crippen LogP contribution in [0.4, 0.5) is 5.69 Å². The van der Waals surface area contributed by atoms with Crippen molar-refractivity contribution in [1.82, 2.24) is 0 Å². The maximum absolute atomic E-state index is 11.0. The minimum Gasteiger partial charge on any atom is -0.493 e. The SMILES string of the molecule is COc1cc([N+](=O)[O-])c(C#N)cc1OCCCc1ccc(C)cc1. The van der Waals surface area contributed by atoms with E-state index in [0.717, 1.165) is 12.8 Å². The number of aryl methyl sites for hydroxylation is 2. The lowest BCUT2D eigenvalue weighted by molar-refractivity contribution is -0.385. The Balaban J connectivity index is 2.02. The molecular formula is C18H18N2O4. The first-order valence-electron chi connectivity index (χ1n) is 7.50. The molecule has 0 radical (unpaired) electrons. The molecule has 0 atom stereocenters. The fourth-order valence-electron chi connectivity index (χ4n) is 2.28. The van der Waals surface area contributed by atoms with E-state index in [4.69, 9.17) is 14.7 Å². The number of nitro benzene ring substituents is 1. The van der Waals surface area contributed by atoms with Gasteiger partial charge in [0, 0.05) is 6.07 Å². The number of benzene rings is 2. The number of ether oxygens (including phenoxy) is 2. The summed E-state index contributed by atoms with van der Waals surface area (Å²) in [6.07, 6.45) is 1.64. The molecule has 0 N–H and O–H groups in total. The number of hydrogen-bond acceptors (Lipinski definition) is 5. The quantitative estimate of drug-likeness (QED) is 0.439. The van der Waals surface area contributed by atoms with Crippen LogP contribution in [0.3, 0.4) is 0 Å². The highest BCUT2D eigenvalue weighted by atomic mass is 16.6. The van der Waals surface area contributed by atoms with Crippen LogP contribution in [0.5, 0.6) is 11.5 Å². The summed E-state index contributed by atoms with van der Waals surface area (Å²) in [4.78, 5) is 10.4. The zero-order chi connectivity index (χ0) is 17.5. The van der Waals surface area contributed by atoms with Crippen molar-refractivity contribution in [2.75, 3.05) is 13.7 Å². The number of nitro groups is 1. The van der Waals surface area contributed by atoms with Gasteiger partial charge in [-0.15, -0.1) is 0 Å². The predicted molar refractivity (Wildman–Crippen MR) is 89.4 cm³/mol. The average molecular weight is 326 g/mol. The molecule has 2 aromatic rings. The van der Waals surface area contributed by atoms with Gasteiger partial charge in [-0.1, -0.05) is 29.8 Å². The summed E-state index contributed by atoms with van der Waals surface area (Å²) < 4.78 is 10.8. The highest BCUT2D eigenvalue weighted by Crippen LogP contribution is 2.34. The highest BCUT2D eigenvalue weighted by Gasteiger charge is 2.19. The van der Waals surface area contributed by atoms with Crippen molar-refractivity contribution in [2.45, 2.75) is 19.8 Å². The van der Waals surface area contributed by atoms with Gasteiger partial charge in [-0.2, -0.15) is 5.26 Å². The van der Waals surface area contributed by atoms with Gasteiger partial charge in [0.25, 0.3) is 5.69 Å². The third-order valence-electron chi connectivity index (χ3n) is 3.59. The number of hydrogen-bond donors (Lipinski definition) is 0. The summed E-state index contributed by atoms with van der Waals surface area (Å²) in [6.45, 7) is 2.47. The van der Waals surface area contributed by atoms with Crippen molar-refractivity contribution < 1.29 is 14.4 Å². The molecule has 0 bridgehead atoms. The Hall–Kier alpha value is -3.07. The van der Waals surface area contributed by atoms with Gasteiger partial charge >= 0.3 is 0 Å². The number of nitrogens with zero attached hydrogens (tertiary/aromatic N) is 2. The van der Waals surface area contributed by atoms with Gasteiger partial charge in [0.1, 0.15) is 11.6 Å². The molecule has 0 aliphatic rings. The summed E-state index contributed by atoms with van der Waals surface area (Å²) in [6, 6.07) is 12.7. The van der Waals surface area contributed by atoms with Gasteiger partial charge < -0.3 is 9.47 Å². The van der Waals surface area contributed by atoms with Crippen LogP contribution in [-0.2, 0) is 6.42 Å². The van der Waals surface area contributed by atoms with Gasteiger partial charge in [-0.25, -0.2) is 0 Å². The van der Waals surface area contributed by atoms with Crippen molar-refractivity contribution in [2.24, 2.45) is 0 Å². The fourth-order valence-corrected chi connectivity index (χ4v) is 2.28. The molecule has 0 aromatic heterocycles. The van der Waals surface area contributed by atoms with E-state index in [1.807, 2.05) is 13.0 Å². The Kier molecular flexibility index (Phi) is 5.74. The van der Waals surface area contributed by atoms with Gasteiger partial charge in [0.15, 0.2) is 11.5 Å². The Bertz CT molecular complexity index is 764. The van der Waals surface area contributed by atoms with Gasteiger partial charge in [0.05, 0.1) is 24.7 Å². The summed E-state index contributed by atoms with van der Waals surface area (Å²) in [5.74, 6) is 0.583. The maximum Gasteiger partial charge on any atom is 0.291 e. The molecule has 24 heavy (non-hydrogen) atoms. The topological polar surface area (TPSA) is 85.4 Å². The number of methoxy groups -OCH3 is 1. The summed E-state index contributed by atoms with van der Waals surface area (Å²) in [7, 11) is 1.41. The lowest BCUT2D eigenvalue weighted by Gasteiger charge is -2.11. The molecule has 0 fully saturated rings. The van der Waals surface area contributed by atoms with E-state index >= 15 is 0 Å². The minimum absolute atomic E-state index is 0.0469. The van der Waals surface area contributed by atoms with Crippen LogP contribution in [0.15, 0.2) is 36.4 Å². The van der Waals surface area contributed by atoms with E-state index < -0.39 is 4.92 Å². The second-order valence-electron chi connectivity index (χ2n) is 5.33. The molecule has 0 saturated carbocycles. The molecule has 0 amide bonds. The predicted octanol–water partition coefficient (Wildman–Crippen LogP) is 3.80. The van der Waals surface area contributed by atoms with Crippen LogP contribution < -0.4 is 9.47 Å². The van der Waals surface area contributed by atoms with Crippen LogP contribution in [0, 0.1) is 28.4 Å². The van der Waals surface area contributed by atoms with E-state index in [-0.39, 0.29) is 17.0 Å². The van der Waals surface area contributed by atoms with Gasteiger partial charge in [0.2, 0.25) is 0 Å². The molecule has 0 aliphatic heterocycles. The highest BCUT2D eigenvalue weighted by molar-refractivity contribution is 5.58. The van der Waals surface area contributed by atoms with E-state index in [1.54, 1.807) is 0 Å². The van der Waals surface area contributed by atoms with Gasteiger partial charge in [-0.3, -0.25) is 10.1 Å². The molecule has 0 unspecified atom stereocenters. The van der Waals surface area contributed by atoms with Crippen LogP contribution in [-0.4, -0.2) is 18.6 Å². The van der Waals surface area contributed by atoms with Crippen molar-refractivity contribution in [3.63, 3.8) is 0 Å². The Morgan fingerprint density at radius 1 is 1.21 bits per heavy atom. The zero-order valence-corrected chi connectivity index (χ0v) is 13.6. The third-order valence-corrected chi connectivity index (χ3v) is 3.59. The fraction of sp³-hybridized carbons (Fsp3) is 0.278. The monoisotopic (exact) mass is 326 g/mol. The first-order valence-corrected chi connectivity index (χ1v) is 7.50. The maximum atomic E-state index is 11.0. The minimum atomic E-state index is -0.609. The molecule has 0 saturated heterocycles. The van der Waals surface area contributed by atoms with Gasteiger partial charge in [-0.05, 0) is 25.3 Å². The normalized spacial score (nSPS) is 10.0. The van der Waals surface area contributed by atoms with Crippen molar-refractivity contribution in [3.05, 3.63) is 63.2 Å². The lowest BCUT2D eigenvalue weighted by atomic mass is 10.1.